The van der Waals surface area contributed by atoms with Crippen LogP contribution in [0.1, 0.15) is 28.8 Å². The van der Waals surface area contributed by atoms with Crippen molar-refractivity contribution >= 4 is 23.6 Å². The molecule has 7 nitrogen and oxygen atoms in total. The minimum absolute atomic E-state index is 0.138. The first kappa shape index (κ1) is 24.9. The van der Waals surface area contributed by atoms with Gasteiger partial charge in [-0.15, -0.1) is 6.42 Å². The molecule has 2 amide bonds. The lowest BCUT2D eigenvalue weighted by Gasteiger charge is -2.29. The highest BCUT2D eigenvalue weighted by Crippen LogP contribution is 2.28. The van der Waals surface area contributed by atoms with E-state index < -0.39 is 0 Å². The Morgan fingerprint density at radius 2 is 1.94 bits per heavy atom. The summed E-state index contributed by atoms with van der Waals surface area (Å²) < 4.78 is 10.8. The second-order valence-corrected chi connectivity index (χ2v) is 8.23. The number of para-hydroxylation sites is 1. The number of amides is 2. The molecule has 0 spiro atoms. The molecule has 0 unspecified atom stereocenters. The monoisotopic (exact) mass is 461 g/mol. The van der Waals surface area contributed by atoms with Crippen molar-refractivity contribution in [3.8, 4) is 23.8 Å². The summed E-state index contributed by atoms with van der Waals surface area (Å²) in [5.74, 6) is 3.40. The topological polar surface area (TPSA) is 79.9 Å². The Kier molecular flexibility index (Phi) is 9.12. The molecule has 1 aliphatic heterocycles. The lowest BCUT2D eigenvalue weighted by Crippen LogP contribution is -2.37. The Labute approximate surface area is 201 Å². The molecule has 1 aliphatic rings. The van der Waals surface area contributed by atoms with Crippen molar-refractivity contribution in [2.24, 2.45) is 5.92 Å². The van der Waals surface area contributed by atoms with Crippen LogP contribution in [0.4, 0.5) is 5.69 Å². The van der Waals surface area contributed by atoms with Gasteiger partial charge in [-0.2, -0.15) is 0 Å². The van der Waals surface area contributed by atoms with Crippen LogP contribution in [-0.4, -0.2) is 57.1 Å². The molecule has 3 rings (SSSR count). The molecule has 34 heavy (non-hydrogen) atoms. The fraction of sp³-hybridized carbons (Fsp3) is 0.333. The third-order valence-electron chi connectivity index (χ3n) is 5.74. The molecular formula is C27H31N3O4. The van der Waals surface area contributed by atoms with Crippen LogP contribution in [0.2, 0.25) is 0 Å². The third kappa shape index (κ3) is 7.12. The fourth-order valence-corrected chi connectivity index (χ4v) is 3.76. The van der Waals surface area contributed by atoms with Crippen molar-refractivity contribution in [2.45, 2.75) is 12.8 Å². The minimum Gasteiger partial charge on any atom is -0.493 e. The third-order valence-corrected chi connectivity index (χ3v) is 5.74. The molecule has 0 radical (unpaired) electrons. The van der Waals surface area contributed by atoms with E-state index >= 15 is 0 Å². The van der Waals surface area contributed by atoms with Crippen molar-refractivity contribution in [1.29, 1.82) is 0 Å². The average Bonchev–Trinajstić information content (AvgIpc) is 2.86. The van der Waals surface area contributed by atoms with E-state index in [1.54, 1.807) is 48.5 Å². The van der Waals surface area contributed by atoms with E-state index in [4.69, 9.17) is 15.9 Å². The zero-order valence-corrected chi connectivity index (χ0v) is 19.7. The number of nitrogens with zero attached hydrogens (tertiary/aromatic N) is 1. The number of rotatable bonds is 9. The number of benzene rings is 2. The van der Waals surface area contributed by atoms with Gasteiger partial charge in [-0.3, -0.25) is 9.59 Å². The van der Waals surface area contributed by atoms with Crippen LogP contribution in [0.5, 0.6) is 11.5 Å². The Bertz CT molecular complexity index is 1070. The molecule has 0 aromatic heterocycles. The first-order valence-corrected chi connectivity index (χ1v) is 11.3. The zero-order valence-electron chi connectivity index (χ0n) is 19.7. The lowest BCUT2D eigenvalue weighted by molar-refractivity contribution is -0.111. The van der Waals surface area contributed by atoms with E-state index in [1.807, 2.05) is 0 Å². The molecule has 1 fully saturated rings. The van der Waals surface area contributed by atoms with Crippen LogP contribution in [0.3, 0.4) is 0 Å². The normalized spacial score (nSPS) is 14.4. The van der Waals surface area contributed by atoms with Gasteiger partial charge in [0.2, 0.25) is 5.91 Å². The van der Waals surface area contributed by atoms with Crippen LogP contribution in [0, 0.1) is 18.3 Å². The number of terminal acetylenes is 1. The fourth-order valence-electron chi connectivity index (χ4n) is 3.76. The molecule has 0 saturated carbocycles. The van der Waals surface area contributed by atoms with Crippen LogP contribution in [0.15, 0.2) is 48.5 Å². The average molecular weight is 462 g/mol. The van der Waals surface area contributed by atoms with Crippen LogP contribution < -0.4 is 20.1 Å². The zero-order chi connectivity index (χ0) is 24.3. The minimum atomic E-state index is -0.345. The predicted molar refractivity (Wildman–Crippen MR) is 134 cm³/mol. The molecule has 2 aromatic rings. The maximum atomic E-state index is 12.8. The maximum absolute atomic E-state index is 12.8. The van der Waals surface area contributed by atoms with Crippen LogP contribution >= 0.6 is 0 Å². The summed E-state index contributed by atoms with van der Waals surface area (Å²) in [6.45, 7) is 2.87. The molecule has 0 atom stereocenters. The second kappa shape index (κ2) is 12.5. The van der Waals surface area contributed by atoms with Gasteiger partial charge in [0.25, 0.3) is 5.91 Å². The van der Waals surface area contributed by atoms with Gasteiger partial charge in [0.15, 0.2) is 11.5 Å². The van der Waals surface area contributed by atoms with E-state index in [9.17, 15) is 9.59 Å². The van der Waals surface area contributed by atoms with Crippen molar-refractivity contribution < 1.29 is 19.1 Å². The number of ether oxygens (including phenoxy) is 2. The van der Waals surface area contributed by atoms with Gasteiger partial charge in [0, 0.05) is 12.6 Å². The van der Waals surface area contributed by atoms with Gasteiger partial charge in [-0.25, -0.2) is 0 Å². The summed E-state index contributed by atoms with van der Waals surface area (Å²) in [5.41, 5.74) is 1.66. The highest BCUT2D eigenvalue weighted by molar-refractivity contribution is 6.07. The van der Waals surface area contributed by atoms with Crippen LogP contribution in [0.25, 0.3) is 6.08 Å². The quantitative estimate of drug-likeness (QED) is 0.442. The predicted octanol–water partition coefficient (Wildman–Crippen LogP) is 3.43. The van der Waals surface area contributed by atoms with Crippen LogP contribution in [-0.2, 0) is 4.79 Å². The van der Waals surface area contributed by atoms with Gasteiger partial charge < -0.3 is 25.0 Å². The van der Waals surface area contributed by atoms with E-state index in [-0.39, 0.29) is 18.4 Å². The first-order valence-electron chi connectivity index (χ1n) is 11.3. The summed E-state index contributed by atoms with van der Waals surface area (Å²) in [7, 11) is 3.65. The number of hydrogen-bond donors (Lipinski definition) is 2. The Morgan fingerprint density at radius 1 is 1.18 bits per heavy atom. The molecule has 2 aromatic carbocycles. The van der Waals surface area contributed by atoms with Crippen molar-refractivity contribution in [1.82, 2.24) is 10.2 Å². The number of nitrogens with one attached hydrogen (secondary N) is 2. The van der Waals surface area contributed by atoms with Gasteiger partial charge in [-0.05, 0) is 74.8 Å². The first-order chi connectivity index (χ1) is 16.5. The number of carbonyl (C=O) groups is 2. The lowest BCUT2D eigenvalue weighted by atomic mass is 9.97. The number of methoxy groups -OCH3 is 1. The van der Waals surface area contributed by atoms with Gasteiger partial charge in [-0.1, -0.05) is 24.1 Å². The number of hydrogen-bond acceptors (Lipinski definition) is 5. The highest BCUT2D eigenvalue weighted by Gasteiger charge is 2.18. The molecular weight excluding hydrogens is 430 g/mol. The van der Waals surface area contributed by atoms with E-state index in [2.05, 4.69) is 28.5 Å². The highest BCUT2D eigenvalue weighted by atomic mass is 16.5. The Morgan fingerprint density at radius 3 is 2.68 bits per heavy atom. The molecule has 2 N–H and O–H groups in total. The number of anilines is 1. The summed E-state index contributed by atoms with van der Waals surface area (Å²) >= 11 is 0. The smallest absolute Gasteiger partial charge is 0.253 e. The van der Waals surface area contributed by atoms with Crippen molar-refractivity contribution in [2.75, 3.05) is 45.7 Å². The van der Waals surface area contributed by atoms with Gasteiger partial charge in [0.1, 0.15) is 6.61 Å². The van der Waals surface area contributed by atoms with Gasteiger partial charge >= 0.3 is 0 Å². The van der Waals surface area contributed by atoms with Gasteiger partial charge in [0.05, 0.1) is 18.4 Å². The molecule has 178 valence electrons. The van der Waals surface area contributed by atoms with Crippen molar-refractivity contribution in [3.05, 3.63) is 59.7 Å². The SMILES string of the molecule is C#CCOc1ccc(C=CC(=O)Nc2ccccc2C(=O)NCC2CCN(C)CC2)cc1OC. The van der Waals surface area contributed by atoms with E-state index in [0.717, 1.165) is 31.5 Å². The Balaban J connectivity index is 1.60. The maximum Gasteiger partial charge on any atom is 0.253 e. The number of carbonyl (C=O) groups excluding carboxylic acids is 2. The molecule has 7 heteroatoms. The van der Waals surface area contributed by atoms with E-state index in [1.165, 1.54) is 13.2 Å². The Hall–Kier alpha value is -3.76. The van der Waals surface area contributed by atoms with E-state index in [0.29, 0.717) is 35.2 Å². The summed E-state index contributed by atoms with van der Waals surface area (Å²) in [6.07, 6.45) is 10.4. The molecule has 0 aliphatic carbocycles. The molecule has 1 saturated heterocycles. The number of piperidine rings is 1. The standard InChI is InChI=1S/C27H31N3O4/c1-4-17-34-24-11-9-20(18-25(24)33-3)10-12-26(31)29-23-8-6-5-7-22(23)27(32)28-19-21-13-15-30(2)16-14-21/h1,5-12,18,21H,13-17,19H2,2-3H3,(H,28,32)(H,29,31). The largest absolute Gasteiger partial charge is 0.493 e. The number of likely N-dealkylation sites (tertiary alicyclic amines) is 1. The summed E-state index contributed by atoms with van der Waals surface area (Å²) in [5, 5.41) is 5.82. The molecule has 1 heterocycles. The second-order valence-electron chi connectivity index (χ2n) is 8.23. The summed E-state index contributed by atoms with van der Waals surface area (Å²) in [4.78, 5) is 27.6. The van der Waals surface area contributed by atoms with Crippen molar-refractivity contribution in [3.63, 3.8) is 0 Å². The summed E-state index contributed by atoms with van der Waals surface area (Å²) in [6, 6.07) is 12.3. The molecule has 0 bridgehead atoms.